The molecular formula is C18H23N5O. The third kappa shape index (κ3) is 4.22. The first-order valence-electron chi connectivity index (χ1n) is 8.33. The molecule has 0 bridgehead atoms. The van der Waals surface area contributed by atoms with Crippen LogP contribution in [0.15, 0.2) is 36.5 Å². The van der Waals surface area contributed by atoms with E-state index >= 15 is 0 Å². The largest absolute Gasteiger partial charge is 0.356 e. The van der Waals surface area contributed by atoms with Gasteiger partial charge >= 0.3 is 0 Å². The normalized spacial score (nSPS) is 17.4. The summed E-state index contributed by atoms with van der Waals surface area (Å²) in [5.74, 6) is 2.17. The van der Waals surface area contributed by atoms with E-state index in [1.54, 1.807) is 6.20 Å². The maximum Gasteiger partial charge on any atom is 0.229 e. The van der Waals surface area contributed by atoms with E-state index in [0.717, 1.165) is 30.3 Å². The number of hydrogen-bond acceptors (Lipinski definition) is 5. The van der Waals surface area contributed by atoms with Gasteiger partial charge in [-0.2, -0.15) is 4.98 Å². The summed E-state index contributed by atoms with van der Waals surface area (Å²) in [4.78, 5) is 22.3. The Hall–Kier alpha value is -2.63. The summed E-state index contributed by atoms with van der Waals surface area (Å²) >= 11 is 0. The number of benzene rings is 1. The van der Waals surface area contributed by atoms with E-state index in [1.807, 2.05) is 30.3 Å². The first-order valence-corrected chi connectivity index (χ1v) is 8.33. The molecule has 3 rings (SSSR count). The third-order valence-electron chi connectivity index (χ3n) is 4.08. The summed E-state index contributed by atoms with van der Waals surface area (Å²) in [6.07, 6.45) is 4.28. The molecule has 2 N–H and O–H groups in total. The van der Waals surface area contributed by atoms with E-state index in [1.165, 1.54) is 19.8 Å². The van der Waals surface area contributed by atoms with Crippen molar-refractivity contribution in [3.63, 3.8) is 0 Å². The zero-order valence-corrected chi connectivity index (χ0v) is 14.1. The lowest BCUT2D eigenvalue weighted by Crippen LogP contribution is -2.34. The lowest BCUT2D eigenvalue weighted by Gasteiger charge is -2.31. The maximum absolute atomic E-state index is 11.0. The smallest absolute Gasteiger partial charge is 0.229 e. The van der Waals surface area contributed by atoms with Crippen LogP contribution >= 0.6 is 0 Å². The molecule has 6 nitrogen and oxygen atoms in total. The van der Waals surface area contributed by atoms with E-state index in [9.17, 15) is 4.79 Å². The van der Waals surface area contributed by atoms with Crippen molar-refractivity contribution in [2.45, 2.75) is 26.7 Å². The van der Waals surface area contributed by atoms with Crippen LogP contribution in [0.2, 0.25) is 0 Å². The van der Waals surface area contributed by atoms with Crippen molar-refractivity contribution in [1.29, 1.82) is 0 Å². The van der Waals surface area contributed by atoms with Crippen LogP contribution in [0.4, 0.5) is 23.1 Å². The molecule has 6 heteroatoms. The predicted molar refractivity (Wildman–Crippen MR) is 96.7 cm³/mol. The molecule has 1 fully saturated rings. The highest BCUT2D eigenvalue weighted by Gasteiger charge is 2.17. The fourth-order valence-corrected chi connectivity index (χ4v) is 2.95. The maximum atomic E-state index is 11.0. The Kier molecular flexibility index (Phi) is 4.93. The number of piperidine rings is 1. The first-order chi connectivity index (χ1) is 11.6. The van der Waals surface area contributed by atoms with E-state index in [4.69, 9.17) is 0 Å². The zero-order valence-electron chi connectivity index (χ0n) is 14.1. The standard InChI is InChI=1S/C18H23N5O/c1-13-4-3-11-23(12-13)17-9-10-19-18(22-17)21-16-7-5-15(6-8-16)20-14(2)24/h5-10,13H,3-4,11-12H2,1-2H3,(H,20,24)(H,19,21,22). The van der Waals surface area contributed by atoms with Gasteiger partial charge in [-0.15, -0.1) is 0 Å². The van der Waals surface area contributed by atoms with Crippen molar-refractivity contribution in [3.8, 4) is 0 Å². The molecule has 1 atom stereocenters. The minimum Gasteiger partial charge on any atom is -0.356 e. The van der Waals surface area contributed by atoms with Gasteiger partial charge in [0, 0.05) is 37.6 Å². The highest BCUT2D eigenvalue weighted by atomic mass is 16.1. The monoisotopic (exact) mass is 325 g/mol. The van der Waals surface area contributed by atoms with Gasteiger partial charge in [0.1, 0.15) is 5.82 Å². The minimum atomic E-state index is -0.0810. The lowest BCUT2D eigenvalue weighted by molar-refractivity contribution is -0.114. The lowest BCUT2D eigenvalue weighted by atomic mass is 10.0. The highest BCUT2D eigenvalue weighted by Crippen LogP contribution is 2.23. The average molecular weight is 325 g/mol. The summed E-state index contributed by atoms with van der Waals surface area (Å²) in [6.45, 7) is 5.87. The second-order valence-corrected chi connectivity index (χ2v) is 6.32. The Bertz CT molecular complexity index is 701. The Morgan fingerprint density at radius 1 is 1.21 bits per heavy atom. The number of nitrogens with zero attached hydrogens (tertiary/aromatic N) is 3. The van der Waals surface area contributed by atoms with Gasteiger partial charge in [-0.05, 0) is 49.1 Å². The van der Waals surface area contributed by atoms with Crippen LogP contribution in [0.1, 0.15) is 26.7 Å². The van der Waals surface area contributed by atoms with E-state index in [-0.39, 0.29) is 5.91 Å². The molecule has 2 heterocycles. The molecule has 1 unspecified atom stereocenters. The van der Waals surface area contributed by atoms with Crippen LogP contribution in [0.5, 0.6) is 0 Å². The predicted octanol–water partition coefficient (Wildman–Crippen LogP) is 3.41. The number of carbonyl (C=O) groups is 1. The van der Waals surface area contributed by atoms with E-state index < -0.39 is 0 Å². The number of amides is 1. The van der Waals surface area contributed by atoms with Gasteiger partial charge in [0.05, 0.1) is 0 Å². The van der Waals surface area contributed by atoms with Gasteiger partial charge < -0.3 is 15.5 Å². The van der Waals surface area contributed by atoms with Gasteiger partial charge in [-0.3, -0.25) is 4.79 Å². The van der Waals surface area contributed by atoms with E-state index in [0.29, 0.717) is 11.9 Å². The number of anilines is 4. The minimum absolute atomic E-state index is 0.0810. The molecule has 126 valence electrons. The van der Waals surface area contributed by atoms with Crippen molar-refractivity contribution in [2.75, 3.05) is 28.6 Å². The molecule has 0 aliphatic carbocycles. The molecule has 24 heavy (non-hydrogen) atoms. The Labute approximate surface area is 142 Å². The molecule has 1 amide bonds. The second-order valence-electron chi connectivity index (χ2n) is 6.32. The summed E-state index contributed by atoms with van der Waals surface area (Å²) in [5.41, 5.74) is 1.65. The topological polar surface area (TPSA) is 70.2 Å². The van der Waals surface area contributed by atoms with Crippen LogP contribution in [0.25, 0.3) is 0 Å². The summed E-state index contributed by atoms with van der Waals surface area (Å²) in [5, 5.41) is 5.96. The molecule has 1 aromatic carbocycles. The van der Waals surface area contributed by atoms with Crippen LogP contribution in [-0.4, -0.2) is 29.0 Å². The summed E-state index contributed by atoms with van der Waals surface area (Å²) < 4.78 is 0. The number of aromatic nitrogens is 2. The second kappa shape index (κ2) is 7.29. The average Bonchev–Trinajstić information content (AvgIpc) is 2.56. The fraction of sp³-hybridized carbons (Fsp3) is 0.389. The zero-order chi connectivity index (χ0) is 16.9. The first kappa shape index (κ1) is 16.2. The van der Waals surface area contributed by atoms with Crippen LogP contribution in [0.3, 0.4) is 0 Å². The van der Waals surface area contributed by atoms with E-state index in [2.05, 4.69) is 32.4 Å². The van der Waals surface area contributed by atoms with Gasteiger partial charge in [0.15, 0.2) is 0 Å². The molecule has 0 radical (unpaired) electrons. The fourth-order valence-electron chi connectivity index (χ4n) is 2.95. The molecule has 0 saturated carbocycles. The van der Waals surface area contributed by atoms with Gasteiger partial charge in [-0.1, -0.05) is 6.92 Å². The van der Waals surface area contributed by atoms with Crippen molar-refractivity contribution in [3.05, 3.63) is 36.5 Å². The number of hydrogen-bond donors (Lipinski definition) is 2. The summed E-state index contributed by atoms with van der Waals surface area (Å²) in [6, 6.07) is 9.44. The molecule has 2 aromatic rings. The summed E-state index contributed by atoms with van der Waals surface area (Å²) in [7, 11) is 0. The van der Waals surface area contributed by atoms with Crippen LogP contribution in [-0.2, 0) is 4.79 Å². The van der Waals surface area contributed by atoms with Gasteiger partial charge in [-0.25, -0.2) is 4.98 Å². The Balaban J connectivity index is 1.69. The molecule has 0 spiro atoms. The SMILES string of the molecule is CC(=O)Nc1ccc(Nc2nccc(N3CCCC(C)C3)n2)cc1. The van der Waals surface area contributed by atoms with Crippen LogP contribution in [0, 0.1) is 5.92 Å². The molecule has 1 aromatic heterocycles. The van der Waals surface area contributed by atoms with Crippen molar-refractivity contribution < 1.29 is 4.79 Å². The van der Waals surface area contributed by atoms with Crippen LogP contribution < -0.4 is 15.5 Å². The highest BCUT2D eigenvalue weighted by molar-refractivity contribution is 5.88. The van der Waals surface area contributed by atoms with Gasteiger partial charge in [0.2, 0.25) is 11.9 Å². The molecule has 1 aliphatic rings. The molecule has 1 aliphatic heterocycles. The van der Waals surface area contributed by atoms with Crippen molar-refractivity contribution >= 4 is 29.0 Å². The number of carbonyl (C=O) groups excluding carboxylic acids is 1. The van der Waals surface area contributed by atoms with Gasteiger partial charge in [0.25, 0.3) is 0 Å². The quantitative estimate of drug-likeness (QED) is 0.901. The number of nitrogens with one attached hydrogen (secondary N) is 2. The Morgan fingerprint density at radius 2 is 1.96 bits per heavy atom. The molecular weight excluding hydrogens is 302 g/mol. The third-order valence-corrected chi connectivity index (χ3v) is 4.08. The van der Waals surface area contributed by atoms with Crippen molar-refractivity contribution in [1.82, 2.24) is 9.97 Å². The molecule has 1 saturated heterocycles. The van der Waals surface area contributed by atoms with Crippen molar-refractivity contribution in [2.24, 2.45) is 5.92 Å². The Morgan fingerprint density at radius 3 is 2.67 bits per heavy atom. The number of rotatable bonds is 4.